The number of benzene rings is 1. The van der Waals surface area contributed by atoms with Gasteiger partial charge in [-0.15, -0.1) is 0 Å². The van der Waals surface area contributed by atoms with E-state index in [0.29, 0.717) is 26.2 Å². The monoisotopic (exact) mass is 433 g/mol. The van der Waals surface area contributed by atoms with Crippen LogP contribution in [0.3, 0.4) is 0 Å². The van der Waals surface area contributed by atoms with Crippen molar-refractivity contribution in [2.75, 3.05) is 19.8 Å². The second kappa shape index (κ2) is 8.07. The van der Waals surface area contributed by atoms with Gasteiger partial charge in [0.15, 0.2) is 0 Å². The van der Waals surface area contributed by atoms with Crippen LogP contribution in [0.2, 0.25) is 0 Å². The molecule has 1 saturated carbocycles. The van der Waals surface area contributed by atoms with E-state index in [0.717, 1.165) is 5.56 Å². The molecule has 0 spiro atoms. The molecule has 5 rings (SSSR count). The Bertz CT molecular complexity index is 794. The lowest BCUT2D eigenvalue weighted by Gasteiger charge is -2.53. The molecule has 3 saturated heterocycles. The van der Waals surface area contributed by atoms with Crippen LogP contribution in [0.5, 0.6) is 0 Å². The summed E-state index contributed by atoms with van der Waals surface area (Å²) in [5.41, 5.74) is 0.0789. The first kappa shape index (κ1) is 22.0. The predicted molar refractivity (Wildman–Crippen MR) is 110 cm³/mol. The van der Waals surface area contributed by atoms with Crippen molar-refractivity contribution < 1.29 is 33.3 Å². The van der Waals surface area contributed by atoms with E-state index in [2.05, 4.69) is 5.32 Å². The molecule has 170 valence electrons. The summed E-state index contributed by atoms with van der Waals surface area (Å²) in [6.07, 6.45) is -0.0686. The van der Waals surface area contributed by atoms with E-state index in [9.17, 15) is 9.59 Å². The first-order valence-corrected chi connectivity index (χ1v) is 10.7. The maximum atomic E-state index is 12.6. The first-order chi connectivity index (χ1) is 14.6. The zero-order valence-electron chi connectivity index (χ0n) is 18.5. The predicted octanol–water partition coefficient (Wildman–Crippen LogP) is 3.00. The van der Waals surface area contributed by atoms with Gasteiger partial charge in [0, 0.05) is 11.3 Å². The highest BCUT2D eigenvalue weighted by Gasteiger charge is 2.63. The van der Waals surface area contributed by atoms with E-state index in [1.807, 2.05) is 58.0 Å². The van der Waals surface area contributed by atoms with E-state index in [-0.39, 0.29) is 29.8 Å². The third-order valence-corrected chi connectivity index (χ3v) is 5.71. The van der Waals surface area contributed by atoms with Crippen molar-refractivity contribution in [3.63, 3.8) is 0 Å². The minimum absolute atomic E-state index is 0.132. The van der Waals surface area contributed by atoms with E-state index >= 15 is 0 Å². The maximum absolute atomic E-state index is 12.6. The van der Waals surface area contributed by atoms with Crippen molar-refractivity contribution in [1.82, 2.24) is 5.32 Å². The molecule has 3 aliphatic heterocycles. The van der Waals surface area contributed by atoms with Crippen LogP contribution in [0, 0.1) is 17.3 Å². The number of nitrogens with one attached hydrogen (secondary N) is 1. The Morgan fingerprint density at radius 1 is 1.13 bits per heavy atom. The van der Waals surface area contributed by atoms with Crippen LogP contribution in [0.1, 0.15) is 39.7 Å². The van der Waals surface area contributed by atoms with Crippen LogP contribution in [0.25, 0.3) is 0 Å². The standard InChI is InChI=1S/C23H31NO7/c1-21(2,3)31-19(25)17-10-16(17)18(23-28-12-22(4,13-29-23)14-30-23)24-20(26)27-11-15-8-6-5-7-9-15/h5-9,16-18H,10-14H2,1-4H3,(H,24,26)/t16-,17-,18+,22?,23?/m1/s1. The molecule has 1 aromatic rings. The number of fused-ring (bicyclic) bond motifs is 3. The molecule has 8 heteroatoms. The first-order valence-electron chi connectivity index (χ1n) is 10.7. The van der Waals surface area contributed by atoms with Gasteiger partial charge in [-0.3, -0.25) is 4.79 Å². The third kappa shape index (κ3) is 5.02. The smallest absolute Gasteiger partial charge is 0.407 e. The highest BCUT2D eigenvalue weighted by Crippen LogP contribution is 2.50. The van der Waals surface area contributed by atoms with Gasteiger partial charge in [-0.25, -0.2) is 4.79 Å². The second-order valence-corrected chi connectivity index (χ2v) is 10.0. The second-order valence-electron chi connectivity index (χ2n) is 10.0. The molecule has 0 radical (unpaired) electrons. The molecule has 4 aliphatic rings. The van der Waals surface area contributed by atoms with Gasteiger partial charge in [-0.1, -0.05) is 37.3 Å². The number of esters is 1. The number of rotatable bonds is 6. The topological polar surface area (TPSA) is 92.3 Å². The largest absolute Gasteiger partial charge is 0.460 e. The molecule has 0 aromatic heterocycles. The summed E-state index contributed by atoms with van der Waals surface area (Å²) in [5, 5.41) is 2.85. The molecule has 4 fully saturated rings. The van der Waals surface area contributed by atoms with Gasteiger partial charge in [-0.2, -0.15) is 0 Å². The van der Waals surface area contributed by atoms with E-state index in [1.54, 1.807) is 0 Å². The van der Waals surface area contributed by atoms with Crippen LogP contribution in [-0.2, 0) is 35.1 Å². The Labute approximate surface area is 182 Å². The van der Waals surface area contributed by atoms with E-state index in [4.69, 9.17) is 23.7 Å². The minimum Gasteiger partial charge on any atom is -0.460 e. The quantitative estimate of drug-likeness (QED) is 0.690. The lowest BCUT2D eigenvalue weighted by Crippen LogP contribution is -2.68. The summed E-state index contributed by atoms with van der Waals surface area (Å²) in [6, 6.07) is 8.71. The van der Waals surface area contributed by atoms with Gasteiger partial charge in [0.2, 0.25) is 0 Å². The van der Waals surface area contributed by atoms with Gasteiger partial charge in [0.1, 0.15) is 18.2 Å². The van der Waals surface area contributed by atoms with Gasteiger partial charge >= 0.3 is 18.0 Å². The number of carbonyl (C=O) groups is 2. The summed E-state index contributed by atoms with van der Waals surface area (Å²) < 4.78 is 28.8. The van der Waals surface area contributed by atoms with Crippen LogP contribution in [-0.4, -0.2) is 49.5 Å². The van der Waals surface area contributed by atoms with Gasteiger partial charge in [-0.05, 0) is 32.8 Å². The van der Waals surface area contributed by atoms with Gasteiger partial charge in [0.25, 0.3) is 0 Å². The molecule has 1 amide bonds. The molecular formula is C23H31NO7. The highest BCUT2D eigenvalue weighted by atomic mass is 16.9. The average molecular weight is 434 g/mol. The Morgan fingerprint density at radius 3 is 2.32 bits per heavy atom. The third-order valence-electron chi connectivity index (χ3n) is 5.71. The lowest BCUT2D eigenvalue weighted by molar-refractivity contribution is -0.475. The molecule has 0 unspecified atom stereocenters. The fourth-order valence-electron chi connectivity index (χ4n) is 3.92. The molecular weight excluding hydrogens is 402 g/mol. The fraction of sp³-hybridized carbons (Fsp3) is 0.652. The van der Waals surface area contributed by atoms with Crippen LogP contribution in [0.4, 0.5) is 4.79 Å². The van der Waals surface area contributed by atoms with E-state index in [1.165, 1.54) is 0 Å². The van der Waals surface area contributed by atoms with Gasteiger partial charge < -0.3 is 29.0 Å². The number of carbonyl (C=O) groups excluding carboxylic acids is 2. The fourth-order valence-corrected chi connectivity index (χ4v) is 3.92. The molecule has 3 atom stereocenters. The Kier molecular flexibility index (Phi) is 5.74. The summed E-state index contributed by atoms with van der Waals surface area (Å²) in [7, 11) is 0. The molecule has 8 nitrogen and oxygen atoms in total. The molecule has 3 heterocycles. The Balaban J connectivity index is 1.45. The number of hydrogen-bond acceptors (Lipinski definition) is 7. The Hall–Kier alpha value is -2.16. The zero-order chi connectivity index (χ0) is 22.3. The molecule has 1 aliphatic carbocycles. The maximum Gasteiger partial charge on any atom is 0.407 e. The van der Waals surface area contributed by atoms with Crippen LogP contribution < -0.4 is 5.32 Å². The van der Waals surface area contributed by atoms with Crippen molar-refractivity contribution in [1.29, 1.82) is 0 Å². The van der Waals surface area contributed by atoms with Crippen molar-refractivity contribution in [3.8, 4) is 0 Å². The number of ether oxygens (including phenoxy) is 5. The normalized spacial score (nSPS) is 32.8. The summed E-state index contributed by atoms with van der Waals surface area (Å²) in [5.74, 6) is -2.32. The SMILES string of the molecule is CC12COC([C@@H](NC(=O)OCc3ccccc3)[C@@H]3C[C@H]3C(=O)OC(C)(C)C)(OC1)OC2. The van der Waals surface area contributed by atoms with Crippen LogP contribution >= 0.6 is 0 Å². The number of alkyl carbamates (subject to hydrolysis) is 1. The van der Waals surface area contributed by atoms with E-state index < -0.39 is 23.7 Å². The minimum atomic E-state index is -1.43. The molecule has 1 aromatic carbocycles. The summed E-state index contributed by atoms with van der Waals surface area (Å²) >= 11 is 0. The Morgan fingerprint density at radius 2 is 1.74 bits per heavy atom. The van der Waals surface area contributed by atoms with Crippen molar-refractivity contribution in [2.24, 2.45) is 17.3 Å². The number of amides is 1. The number of hydrogen-bond donors (Lipinski definition) is 1. The van der Waals surface area contributed by atoms with Gasteiger partial charge in [0.05, 0.1) is 25.7 Å². The zero-order valence-corrected chi connectivity index (χ0v) is 18.5. The highest BCUT2D eigenvalue weighted by molar-refractivity contribution is 5.77. The summed E-state index contributed by atoms with van der Waals surface area (Å²) in [4.78, 5) is 25.2. The van der Waals surface area contributed by atoms with Crippen molar-refractivity contribution >= 4 is 12.1 Å². The molecule has 2 bridgehead atoms. The van der Waals surface area contributed by atoms with Crippen molar-refractivity contribution in [3.05, 3.63) is 35.9 Å². The summed E-state index contributed by atoms with van der Waals surface area (Å²) in [6.45, 7) is 9.00. The lowest BCUT2D eigenvalue weighted by atomic mass is 9.90. The average Bonchev–Trinajstić information content (AvgIpc) is 3.52. The van der Waals surface area contributed by atoms with Crippen LogP contribution in [0.15, 0.2) is 30.3 Å². The van der Waals surface area contributed by atoms with Crippen molar-refractivity contribution in [2.45, 2.75) is 58.3 Å². The molecule has 31 heavy (non-hydrogen) atoms. The molecule has 1 N–H and O–H groups in total.